The molecule has 0 radical (unpaired) electrons. The lowest BCUT2D eigenvalue weighted by Crippen LogP contribution is -2.19. The predicted octanol–water partition coefficient (Wildman–Crippen LogP) is 3.93. The molecule has 1 saturated carbocycles. The fourth-order valence-electron chi connectivity index (χ4n) is 2.83. The summed E-state index contributed by atoms with van der Waals surface area (Å²) in [6.45, 7) is 3.11. The standard InChI is InChI=1S/C18H22ClN3O/c1-2-14-15(19)21-16(13-6-4-3-5-7-13)22-17(14)20-12-18(8-9-18)10-11-23/h3-7,23H,2,8-12H2,1H3,(H,20,21,22). The summed E-state index contributed by atoms with van der Waals surface area (Å²) >= 11 is 6.38. The highest BCUT2D eigenvalue weighted by molar-refractivity contribution is 6.30. The zero-order valence-corrected chi connectivity index (χ0v) is 14.1. The van der Waals surface area contributed by atoms with Crippen molar-refractivity contribution < 1.29 is 5.11 Å². The Hall–Kier alpha value is -1.65. The molecule has 4 nitrogen and oxygen atoms in total. The first-order valence-electron chi connectivity index (χ1n) is 8.14. The van der Waals surface area contributed by atoms with Gasteiger partial charge >= 0.3 is 0 Å². The largest absolute Gasteiger partial charge is 0.396 e. The van der Waals surface area contributed by atoms with Crippen molar-refractivity contribution in [1.29, 1.82) is 0 Å². The van der Waals surface area contributed by atoms with Gasteiger partial charge in [-0.15, -0.1) is 0 Å². The Bertz CT molecular complexity index is 671. The van der Waals surface area contributed by atoms with Crippen molar-refractivity contribution in [2.45, 2.75) is 32.6 Å². The van der Waals surface area contributed by atoms with Crippen LogP contribution in [0.25, 0.3) is 11.4 Å². The highest BCUT2D eigenvalue weighted by Gasteiger charge is 2.41. The second-order valence-corrected chi connectivity index (χ2v) is 6.57. The number of benzene rings is 1. The van der Waals surface area contributed by atoms with Crippen molar-refractivity contribution in [3.63, 3.8) is 0 Å². The number of hydrogen-bond donors (Lipinski definition) is 2. The van der Waals surface area contributed by atoms with Crippen molar-refractivity contribution in [1.82, 2.24) is 9.97 Å². The molecule has 122 valence electrons. The van der Waals surface area contributed by atoms with Gasteiger partial charge in [-0.05, 0) is 31.1 Å². The summed E-state index contributed by atoms with van der Waals surface area (Å²) in [5, 5.41) is 13.2. The Labute approximate surface area is 141 Å². The molecule has 3 rings (SSSR count). The number of halogens is 1. The van der Waals surface area contributed by atoms with Crippen molar-refractivity contribution in [3.8, 4) is 11.4 Å². The monoisotopic (exact) mass is 331 g/mol. The van der Waals surface area contributed by atoms with Gasteiger partial charge in [0.25, 0.3) is 0 Å². The Morgan fingerprint density at radius 2 is 1.96 bits per heavy atom. The molecule has 0 unspecified atom stereocenters. The molecule has 0 aliphatic heterocycles. The smallest absolute Gasteiger partial charge is 0.163 e. The fourth-order valence-corrected chi connectivity index (χ4v) is 3.14. The lowest BCUT2D eigenvalue weighted by Gasteiger charge is -2.18. The number of hydrogen-bond acceptors (Lipinski definition) is 4. The van der Waals surface area contributed by atoms with Crippen LogP contribution in [-0.2, 0) is 6.42 Å². The Kier molecular flexibility index (Phi) is 4.83. The highest BCUT2D eigenvalue weighted by atomic mass is 35.5. The van der Waals surface area contributed by atoms with Gasteiger partial charge in [-0.2, -0.15) is 0 Å². The van der Waals surface area contributed by atoms with Gasteiger partial charge < -0.3 is 10.4 Å². The van der Waals surface area contributed by atoms with Crippen LogP contribution in [0.5, 0.6) is 0 Å². The zero-order valence-electron chi connectivity index (χ0n) is 13.3. The number of aliphatic hydroxyl groups excluding tert-OH is 1. The Morgan fingerprint density at radius 3 is 2.57 bits per heavy atom. The number of aliphatic hydroxyl groups is 1. The SMILES string of the molecule is CCc1c(Cl)nc(-c2ccccc2)nc1NCC1(CCO)CC1. The van der Waals surface area contributed by atoms with E-state index in [1.165, 1.54) is 0 Å². The van der Waals surface area contributed by atoms with E-state index in [0.717, 1.165) is 49.2 Å². The molecule has 0 spiro atoms. The van der Waals surface area contributed by atoms with E-state index in [2.05, 4.69) is 17.2 Å². The van der Waals surface area contributed by atoms with Gasteiger partial charge in [0.15, 0.2) is 5.82 Å². The van der Waals surface area contributed by atoms with Crippen LogP contribution in [0.3, 0.4) is 0 Å². The topological polar surface area (TPSA) is 58.0 Å². The third-order valence-corrected chi connectivity index (χ3v) is 4.88. The summed E-state index contributed by atoms with van der Waals surface area (Å²) in [5.74, 6) is 1.46. The zero-order chi connectivity index (χ0) is 16.3. The maximum Gasteiger partial charge on any atom is 0.163 e. The summed E-state index contributed by atoms with van der Waals surface area (Å²) in [4.78, 5) is 9.14. The van der Waals surface area contributed by atoms with Crippen LogP contribution in [0.1, 0.15) is 31.7 Å². The van der Waals surface area contributed by atoms with Crippen LogP contribution in [0.4, 0.5) is 5.82 Å². The van der Waals surface area contributed by atoms with Crippen LogP contribution in [0.2, 0.25) is 5.15 Å². The van der Waals surface area contributed by atoms with Crippen LogP contribution in [0, 0.1) is 5.41 Å². The molecule has 23 heavy (non-hydrogen) atoms. The number of nitrogens with one attached hydrogen (secondary N) is 1. The number of aromatic nitrogens is 2. The normalized spacial score (nSPS) is 15.4. The summed E-state index contributed by atoms with van der Waals surface area (Å²) in [6, 6.07) is 9.86. The van der Waals surface area contributed by atoms with E-state index in [0.29, 0.717) is 11.0 Å². The minimum atomic E-state index is 0.226. The molecule has 0 atom stereocenters. The lowest BCUT2D eigenvalue weighted by atomic mass is 10.0. The molecule has 2 aromatic rings. The van der Waals surface area contributed by atoms with Gasteiger partial charge in [-0.1, -0.05) is 48.9 Å². The van der Waals surface area contributed by atoms with Crippen LogP contribution in [0.15, 0.2) is 30.3 Å². The molecule has 1 fully saturated rings. The molecule has 1 aliphatic carbocycles. The molecule has 2 N–H and O–H groups in total. The van der Waals surface area contributed by atoms with Crippen molar-refractivity contribution in [2.75, 3.05) is 18.5 Å². The third kappa shape index (κ3) is 3.65. The predicted molar refractivity (Wildman–Crippen MR) is 93.7 cm³/mol. The first-order valence-corrected chi connectivity index (χ1v) is 8.52. The number of nitrogens with zero attached hydrogens (tertiary/aromatic N) is 2. The van der Waals surface area contributed by atoms with Gasteiger partial charge in [-0.25, -0.2) is 9.97 Å². The molecule has 1 heterocycles. The Balaban J connectivity index is 1.87. The summed E-state index contributed by atoms with van der Waals surface area (Å²) in [6.07, 6.45) is 3.94. The maximum atomic E-state index is 9.20. The van der Waals surface area contributed by atoms with Crippen molar-refractivity contribution >= 4 is 17.4 Å². The average molecular weight is 332 g/mol. The van der Waals surface area contributed by atoms with E-state index in [1.54, 1.807) is 0 Å². The summed E-state index contributed by atoms with van der Waals surface area (Å²) in [5.41, 5.74) is 2.13. The number of rotatable bonds is 7. The minimum absolute atomic E-state index is 0.226. The Morgan fingerprint density at radius 1 is 1.22 bits per heavy atom. The van der Waals surface area contributed by atoms with Gasteiger partial charge in [0, 0.05) is 24.3 Å². The fraction of sp³-hybridized carbons (Fsp3) is 0.444. The van der Waals surface area contributed by atoms with E-state index in [1.807, 2.05) is 30.3 Å². The molecule has 0 saturated heterocycles. The van der Waals surface area contributed by atoms with Crippen molar-refractivity contribution in [2.24, 2.45) is 5.41 Å². The second kappa shape index (κ2) is 6.85. The van der Waals surface area contributed by atoms with E-state index in [9.17, 15) is 5.11 Å². The molecule has 1 aromatic carbocycles. The quantitative estimate of drug-likeness (QED) is 0.755. The van der Waals surface area contributed by atoms with Crippen molar-refractivity contribution in [3.05, 3.63) is 41.0 Å². The van der Waals surface area contributed by atoms with Crippen LogP contribution >= 0.6 is 11.6 Å². The lowest BCUT2D eigenvalue weighted by molar-refractivity contribution is 0.253. The third-order valence-electron chi connectivity index (χ3n) is 4.57. The highest BCUT2D eigenvalue weighted by Crippen LogP contribution is 2.48. The molecule has 0 bridgehead atoms. The first kappa shape index (κ1) is 16.2. The second-order valence-electron chi connectivity index (χ2n) is 6.21. The average Bonchev–Trinajstić information content (AvgIpc) is 3.34. The maximum absolute atomic E-state index is 9.20. The van der Waals surface area contributed by atoms with E-state index >= 15 is 0 Å². The van der Waals surface area contributed by atoms with E-state index in [4.69, 9.17) is 16.6 Å². The summed E-state index contributed by atoms with van der Waals surface area (Å²) in [7, 11) is 0. The van der Waals surface area contributed by atoms with Crippen LogP contribution < -0.4 is 5.32 Å². The molecular weight excluding hydrogens is 310 g/mol. The first-order chi connectivity index (χ1) is 11.2. The van der Waals surface area contributed by atoms with E-state index in [-0.39, 0.29) is 12.0 Å². The summed E-state index contributed by atoms with van der Waals surface area (Å²) < 4.78 is 0. The van der Waals surface area contributed by atoms with E-state index < -0.39 is 0 Å². The van der Waals surface area contributed by atoms with Gasteiger partial charge in [-0.3, -0.25) is 0 Å². The van der Waals surface area contributed by atoms with Crippen LogP contribution in [-0.4, -0.2) is 28.2 Å². The minimum Gasteiger partial charge on any atom is -0.396 e. The molecule has 5 heteroatoms. The number of anilines is 1. The molecule has 1 aliphatic rings. The molecule has 0 amide bonds. The van der Waals surface area contributed by atoms with Gasteiger partial charge in [0.2, 0.25) is 0 Å². The molecule has 1 aromatic heterocycles. The molecular formula is C18H22ClN3O. The van der Waals surface area contributed by atoms with Gasteiger partial charge in [0.1, 0.15) is 11.0 Å². The van der Waals surface area contributed by atoms with Gasteiger partial charge in [0.05, 0.1) is 0 Å².